The Morgan fingerprint density at radius 3 is 2.84 bits per heavy atom. The summed E-state index contributed by atoms with van der Waals surface area (Å²) in [6.45, 7) is 2.09. The number of carbonyl (C=O) groups excluding carboxylic acids is 1. The maximum Gasteiger partial charge on any atom is 0.339 e. The summed E-state index contributed by atoms with van der Waals surface area (Å²) in [5.74, 6) is -0.394. The number of nitriles is 1. The minimum absolute atomic E-state index is 0.315. The largest absolute Gasteiger partial charge is 0.462 e. The molecule has 5 heteroatoms. The summed E-state index contributed by atoms with van der Waals surface area (Å²) in [6, 6.07) is 2.12. The minimum atomic E-state index is -0.394. The Hall–Kier alpha value is -1.54. The monoisotopic (exact) mass is 276 g/mol. The predicted molar refractivity (Wildman–Crippen MR) is 73.3 cm³/mol. The molecule has 4 nitrogen and oxygen atoms in total. The van der Waals surface area contributed by atoms with Gasteiger partial charge in [0.15, 0.2) is 0 Å². The van der Waals surface area contributed by atoms with Gasteiger partial charge in [-0.15, -0.1) is 11.8 Å². The third kappa shape index (κ3) is 2.59. The highest BCUT2D eigenvalue weighted by atomic mass is 32.2. The van der Waals surface area contributed by atoms with Gasteiger partial charge < -0.3 is 4.74 Å². The molecule has 0 aliphatic heterocycles. The molecule has 2 rings (SSSR count). The number of hydrogen-bond donors (Lipinski definition) is 0. The summed E-state index contributed by atoms with van der Waals surface area (Å²) in [5.41, 5.74) is 2.68. The van der Waals surface area contributed by atoms with E-state index in [9.17, 15) is 10.1 Å². The van der Waals surface area contributed by atoms with E-state index in [4.69, 9.17) is 4.74 Å². The molecule has 0 N–H and O–H groups in total. The average Bonchev–Trinajstić information content (AvgIpc) is 2.45. The first-order chi connectivity index (χ1) is 9.22. The van der Waals surface area contributed by atoms with Crippen molar-refractivity contribution in [1.82, 2.24) is 4.98 Å². The summed E-state index contributed by atoms with van der Waals surface area (Å²) in [5, 5.41) is 9.97. The molecule has 0 radical (unpaired) electrons. The summed E-state index contributed by atoms with van der Waals surface area (Å²) >= 11 is 1.40. The minimum Gasteiger partial charge on any atom is -0.462 e. The first-order valence-corrected chi connectivity index (χ1v) is 7.62. The number of pyridine rings is 1. The molecule has 0 amide bonds. The molecule has 0 bridgehead atoms. The van der Waals surface area contributed by atoms with Gasteiger partial charge in [-0.05, 0) is 44.4 Å². The highest BCUT2D eigenvalue weighted by molar-refractivity contribution is 7.98. The molecule has 1 aromatic rings. The van der Waals surface area contributed by atoms with Crippen LogP contribution in [-0.4, -0.2) is 23.8 Å². The molecule has 100 valence electrons. The summed E-state index contributed by atoms with van der Waals surface area (Å²) < 4.78 is 5.11. The lowest BCUT2D eigenvalue weighted by molar-refractivity contribution is 0.0523. The molecule has 0 unspecified atom stereocenters. The SMILES string of the molecule is CCOC(=O)c1c(C#N)c(SC)nc2c1CCCC2. The quantitative estimate of drug-likeness (QED) is 0.627. The van der Waals surface area contributed by atoms with Crippen LogP contribution in [0.3, 0.4) is 0 Å². The van der Waals surface area contributed by atoms with E-state index in [0.29, 0.717) is 22.8 Å². The van der Waals surface area contributed by atoms with E-state index >= 15 is 0 Å². The van der Waals surface area contributed by atoms with Gasteiger partial charge in [-0.25, -0.2) is 9.78 Å². The highest BCUT2D eigenvalue weighted by Crippen LogP contribution is 2.31. The van der Waals surface area contributed by atoms with Crippen molar-refractivity contribution in [2.75, 3.05) is 12.9 Å². The highest BCUT2D eigenvalue weighted by Gasteiger charge is 2.26. The van der Waals surface area contributed by atoms with Crippen LogP contribution in [0, 0.1) is 11.3 Å². The standard InChI is InChI=1S/C14H16N2O2S/c1-3-18-14(17)12-9-6-4-5-7-11(9)16-13(19-2)10(12)8-15/h3-7H2,1-2H3. The van der Waals surface area contributed by atoms with Crippen LogP contribution in [-0.2, 0) is 17.6 Å². The van der Waals surface area contributed by atoms with E-state index in [1.807, 2.05) is 6.26 Å². The van der Waals surface area contributed by atoms with Crippen LogP contribution in [0.15, 0.2) is 5.03 Å². The fraction of sp³-hybridized carbons (Fsp3) is 0.500. The molecule has 1 aromatic heterocycles. The van der Waals surface area contributed by atoms with Gasteiger partial charge in [-0.1, -0.05) is 0 Å². The van der Waals surface area contributed by atoms with Crippen LogP contribution in [0.5, 0.6) is 0 Å². The molecule has 1 aliphatic carbocycles. The number of aromatic nitrogens is 1. The molecular formula is C14H16N2O2S. The maximum atomic E-state index is 12.2. The normalized spacial score (nSPS) is 13.5. The van der Waals surface area contributed by atoms with Gasteiger partial charge >= 0.3 is 5.97 Å². The molecule has 0 saturated heterocycles. The Kier molecular flexibility index (Phi) is 4.43. The van der Waals surface area contributed by atoms with Crippen LogP contribution in [0.2, 0.25) is 0 Å². The molecule has 0 spiro atoms. The van der Waals surface area contributed by atoms with Gasteiger partial charge in [-0.2, -0.15) is 5.26 Å². The zero-order valence-electron chi connectivity index (χ0n) is 11.2. The molecule has 1 aliphatic rings. The molecule has 0 saturated carbocycles. The fourth-order valence-corrected chi connectivity index (χ4v) is 2.95. The lowest BCUT2D eigenvalue weighted by Crippen LogP contribution is -2.17. The van der Waals surface area contributed by atoms with Crippen molar-refractivity contribution >= 4 is 17.7 Å². The number of nitrogens with zero attached hydrogens (tertiary/aromatic N) is 2. The zero-order valence-corrected chi connectivity index (χ0v) is 12.0. The van der Waals surface area contributed by atoms with Crippen LogP contribution in [0.1, 0.15) is 46.9 Å². The van der Waals surface area contributed by atoms with Crippen molar-refractivity contribution in [1.29, 1.82) is 5.26 Å². The number of esters is 1. The van der Waals surface area contributed by atoms with Crippen molar-refractivity contribution in [3.63, 3.8) is 0 Å². The number of fused-ring (bicyclic) bond motifs is 1. The van der Waals surface area contributed by atoms with E-state index in [1.165, 1.54) is 11.8 Å². The van der Waals surface area contributed by atoms with Crippen molar-refractivity contribution in [3.8, 4) is 6.07 Å². The van der Waals surface area contributed by atoms with Gasteiger partial charge in [0.25, 0.3) is 0 Å². The van der Waals surface area contributed by atoms with E-state index < -0.39 is 5.97 Å². The first-order valence-electron chi connectivity index (χ1n) is 6.39. The van der Waals surface area contributed by atoms with E-state index in [-0.39, 0.29) is 0 Å². The smallest absolute Gasteiger partial charge is 0.339 e. The van der Waals surface area contributed by atoms with E-state index in [2.05, 4.69) is 11.1 Å². The molecule has 0 atom stereocenters. The number of thioether (sulfide) groups is 1. The van der Waals surface area contributed by atoms with E-state index in [1.54, 1.807) is 6.92 Å². The second kappa shape index (κ2) is 6.07. The van der Waals surface area contributed by atoms with Gasteiger partial charge in [0.1, 0.15) is 11.1 Å². The summed E-state index contributed by atoms with van der Waals surface area (Å²) in [4.78, 5) is 16.7. The van der Waals surface area contributed by atoms with Crippen molar-refractivity contribution < 1.29 is 9.53 Å². The Bertz CT molecular complexity index is 549. The molecule has 19 heavy (non-hydrogen) atoms. The molecular weight excluding hydrogens is 260 g/mol. The Labute approximate surface area is 117 Å². The second-order valence-electron chi connectivity index (χ2n) is 4.34. The number of rotatable bonds is 3. The Morgan fingerprint density at radius 1 is 1.47 bits per heavy atom. The number of hydrogen-bond acceptors (Lipinski definition) is 5. The Balaban J connectivity index is 2.65. The molecule has 1 heterocycles. The van der Waals surface area contributed by atoms with Crippen molar-refractivity contribution in [2.45, 2.75) is 37.6 Å². The number of ether oxygens (including phenoxy) is 1. The van der Waals surface area contributed by atoms with Crippen molar-refractivity contribution in [3.05, 3.63) is 22.4 Å². The Morgan fingerprint density at radius 2 is 2.21 bits per heavy atom. The number of carbonyl (C=O) groups is 1. The van der Waals surface area contributed by atoms with Crippen LogP contribution in [0.4, 0.5) is 0 Å². The number of aryl methyl sites for hydroxylation is 1. The van der Waals surface area contributed by atoms with Crippen LogP contribution in [0.25, 0.3) is 0 Å². The second-order valence-corrected chi connectivity index (χ2v) is 5.13. The maximum absolute atomic E-state index is 12.2. The first kappa shape index (κ1) is 13.9. The predicted octanol–water partition coefficient (Wildman–Crippen LogP) is 2.73. The molecule has 0 aromatic carbocycles. The molecule has 0 fully saturated rings. The third-order valence-corrected chi connectivity index (χ3v) is 3.91. The van der Waals surface area contributed by atoms with Gasteiger partial charge in [-0.3, -0.25) is 0 Å². The lowest BCUT2D eigenvalue weighted by atomic mass is 9.90. The zero-order chi connectivity index (χ0) is 13.8. The van der Waals surface area contributed by atoms with Gasteiger partial charge in [0, 0.05) is 5.69 Å². The summed E-state index contributed by atoms with van der Waals surface area (Å²) in [7, 11) is 0. The third-order valence-electron chi connectivity index (χ3n) is 3.23. The van der Waals surface area contributed by atoms with Gasteiger partial charge in [0.2, 0.25) is 0 Å². The summed E-state index contributed by atoms with van der Waals surface area (Å²) in [6.07, 6.45) is 5.67. The lowest BCUT2D eigenvalue weighted by Gasteiger charge is -2.20. The fourth-order valence-electron chi connectivity index (χ4n) is 2.40. The average molecular weight is 276 g/mol. The van der Waals surface area contributed by atoms with Crippen molar-refractivity contribution in [2.24, 2.45) is 0 Å². The van der Waals surface area contributed by atoms with Gasteiger partial charge in [0.05, 0.1) is 17.7 Å². The van der Waals surface area contributed by atoms with Crippen LogP contribution < -0.4 is 0 Å². The van der Waals surface area contributed by atoms with Crippen LogP contribution >= 0.6 is 11.8 Å². The topological polar surface area (TPSA) is 63.0 Å². The van der Waals surface area contributed by atoms with E-state index in [0.717, 1.165) is 36.9 Å².